The predicted octanol–water partition coefficient (Wildman–Crippen LogP) is 5.00. The summed E-state index contributed by atoms with van der Waals surface area (Å²) >= 11 is 0. The molecule has 0 radical (unpaired) electrons. The largest absolute Gasteiger partial charge is 0.514 e. The van der Waals surface area contributed by atoms with Gasteiger partial charge in [-0.15, -0.1) is 0 Å². The maximum atomic E-state index is 11.9. The van der Waals surface area contributed by atoms with E-state index in [0.717, 1.165) is 0 Å². The van der Waals surface area contributed by atoms with Gasteiger partial charge in [0.15, 0.2) is 24.8 Å². The molecule has 0 aliphatic heterocycles. The summed E-state index contributed by atoms with van der Waals surface area (Å²) in [5, 5.41) is 9.02. The minimum Gasteiger partial charge on any atom is -0.508 e. The number of carbonyl (C=O) groups is 5. The highest BCUT2D eigenvalue weighted by Crippen LogP contribution is 2.16. The molecule has 208 valence electrons. The van der Waals surface area contributed by atoms with Crippen LogP contribution >= 0.6 is 0 Å². The number of benzene rings is 2. The van der Waals surface area contributed by atoms with Crippen LogP contribution in [0.2, 0.25) is 0 Å². The Morgan fingerprint density at radius 2 is 1.10 bits per heavy atom. The predicted molar refractivity (Wildman–Crippen MR) is 142 cm³/mol. The van der Waals surface area contributed by atoms with E-state index in [1.54, 1.807) is 20.8 Å². The molecule has 0 atom stereocenters. The Bertz CT molecular complexity index is 1220. The summed E-state index contributed by atoms with van der Waals surface area (Å²) in [5.74, 6) is -1.58. The van der Waals surface area contributed by atoms with E-state index in [1.807, 2.05) is 0 Å². The van der Waals surface area contributed by atoms with Gasteiger partial charge in [-0.05, 0) is 83.1 Å². The molecule has 0 aliphatic rings. The number of esters is 2. The third kappa shape index (κ3) is 12.9. The van der Waals surface area contributed by atoms with E-state index < -0.39 is 23.7 Å². The van der Waals surface area contributed by atoms with Crippen molar-refractivity contribution < 1.29 is 48.0 Å². The highest BCUT2D eigenvalue weighted by Gasteiger charge is 2.18. The van der Waals surface area contributed by atoms with E-state index in [4.69, 9.17) is 24.1 Å². The fourth-order valence-electron chi connectivity index (χ4n) is 2.40. The summed E-state index contributed by atoms with van der Waals surface area (Å²) in [6.07, 6.45) is -0.827. The normalized spacial score (nSPS) is 10.2. The monoisotopic (exact) mass is 540 g/mol. The van der Waals surface area contributed by atoms with Crippen molar-refractivity contribution in [3.05, 3.63) is 84.0 Å². The lowest BCUT2D eigenvalue weighted by atomic mass is 10.1. The molecule has 0 spiro atoms. The molecular weight excluding hydrogens is 508 g/mol. The summed E-state index contributed by atoms with van der Waals surface area (Å²) in [6, 6.07) is 11.6. The lowest BCUT2D eigenvalue weighted by molar-refractivity contribution is -0.138. The van der Waals surface area contributed by atoms with Crippen molar-refractivity contribution in [1.82, 2.24) is 0 Å². The molecule has 39 heavy (non-hydrogen) atoms. The zero-order chi connectivity index (χ0) is 29.8. The van der Waals surface area contributed by atoms with E-state index in [2.05, 4.69) is 13.2 Å². The van der Waals surface area contributed by atoms with Crippen LogP contribution in [0.15, 0.2) is 72.8 Å². The fourth-order valence-corrected chi connectivity index (χ4v) is 2.40. The standard InChI is InChI=1S/C17H20O6.C12H12O4/c1-11(2)15(19)21-10-14(18)12-6-8-13(9-7-12)22-16(20)23-17(3,4)5;1-8(2)12(15)16-7-11(14)9-3-5-10(13)6-4-9/h6-9H,1,10H2,2-5H3;3-6,13H,1,7H2,2H3. The first kappa shape index (κ1) is 32.3. The van der Waals surface area contributed by atoms with E-state index >= 15 is 0 Å². The van der Waals surface area contributed by atoms with Crippen LogP contribution in [0.25, 0.3) is 0 Å². The van der Waals surface area contributed by atoms with Gasteiger partial charge in [-0.2, -0.15) is 0 Å². The van der Waals surface area contributed by atoms with Gasteiger partial charge in [0.2, 0.25) is 0 Å². The van der Waals surface area contributed by atoms with Gasteiger partial charge in [0.25, 0.3) is 0 Å². The second-order valence-electron chi connectivity index (χ2n) is 9.20. The molecule has 0 saturated carbocycles. The van der Waals surface area contributed by atoms with Crippen LogP contribution in [-0.4, -0.2) is 53.6 Å². The summed E-state index contributed by atoms with van der Waals surface area (Å²) in [4.78, 5) is 57.1. The van der Waals surface area contributed by atoms with Crippen LogP contribution in [0.4, 0.5) is 4.79 Å². The smallest absolute Gasteiger partial charge is 0.508 e. The van der Waals surface area contributed by atoms with Gasteiger partial charge in [-0.1, -0.05) is 13.2 Å². The Hall–Kier alpha value is -4.73. The van der Waals surface area contributed by atoms with Crippen LogP contribution < -0.4 is 4.74 Å². The molecule has 2 aromatic rings. The van der Waals surface area contributed by atoms with Crippen molar-refractivity contribution in [2.75, 3.05) is 13.2 Å². The van der Waals surface area contributed by atoms with E-state index in [9.17, 15) is 24.0 Å². The van der Waals surface area contributed by atoms with Gasteiger partial charge >= 0.3 is 18.1 Å². The molecule has 10 nitrogen and oxygen atoms in total. The molecular formula is C29H32O10. The quantitative estimate of drug-likeness (QED) is 0.152. The molecule has 0 aromatic heterocycles. The van der Waals surface area contributed by atoms with Gasteiger partial charge < -0.3 is 24.1 Å². The number of carbonyl (C=O) groups excluding carboxylic acids is 5. The van der Waals surface area contributed by atoms with Gasteiger partial charge in [0.1, 0.15) is 17.1 Å². The molecule has 2 rings (SSSR count). The Morgan fingerprint density at radius 3 is 1.46 bits per heavy atom. The number of ketones is 2. The molecule has 0 unspecified atom stereocenters. The molecule has 10 heteroatoms. The van der Waals surface area contributed by atoms with Crippen LogP contribution in [0, 0.1) is 0 Å². The van der Waals surface area contributed by atoms with Gasteiger partial charge in [0.05, 0.1) is 0 Å². The third-order valence-corrected chi connectivity index (χ3v) is 4.32. The molecule has 0 aliphatic carbocycles. The Balaban J connectivity index is 0.000000416. The number of phenolic OH excluding ortho intramolecular Hbond substituents is 1. The van der Waals surface area contributed by atoms with Crippen LogP contribution in [0.5, 0.6) is 11.5 Å². The Kier molecular flexibility index (Phi) is 12.3. The van der Waals surface area contributed by atoms with Crippen molar-refractivity contribution in [3.63, 3.8) is 0 Å². The van der Waals surface area contributed by atoms with Crippen molar-refractivity contribution in [2.45, 2.75) is 40.2 Å². The number of aromatic hydroxyl groups is 1. The molecule has 0 saturated heterocycles. The molecule has 1 N–H and O–H groups in total. The molecule has 2 aromatic carbocycles. The van der Waals surface area contributed by atoms with E-state index in [1.165, 1.54) is 62.4 Å². The summed E-state index contributed by atoms with van der Waals surface area (Å²) in [5.41, 5.74) is 0.529. The van der Waals surface area contributed by atoms with Crippen molar-refractivity contribution in [2.24, 2.45) is 0 Å². The lowest BCUT2D eigenvalue weighted by Crippen LogP contribution is -2.26. The van der Waals surface area contributed by atoms with Gasteiger partial charge in [0, 0.05) is 22.3 Å². The summed E-state index contributed by atoms with van der Waals surface area (Å²) in [6.45, 7) is 14.3. The Labute approximate surface area is 226 Å². The van der Waals surface area contributed by atoms with Crippen molar-refractivity contribution in [1.29, 1.82) is 0 Å². The second kappa shape index (κ2) is 14.9. The molecule has 0 amide bonds. The minimum atomic E-state index is -0.827. The first-order valence-corrected chi connectivity index (χ1v) is 11.6. The first-order chi connectivity index (χ1) is 18.1. The van der Waals surface area contributed by atoms with Gasteiger partial charge in [-0.3, -0.25) is 9.59 Å². The second-order valence-corrected chi connectivity index (χ2v) is 9.20. The topological polar surface area (TPSA) is 143 Å². The molecule has 0 bridgehead atoms. The maximum absolute atomic E-state index is 11.9. The van der Waals surface area contributed by atoms with Crippen molar-refractivity contribution in [3.8, 4) is 11.5 Å². The number of Topliss-reactive ketones (excluding diaryl/α,β-unsaturated/α-hetero) is 2. The highest BCUT2D eigenvalue weighted by molar-refractivity contribution is 5.99. The zero-order valence-corrected chi connectivity index (χ0v) is 22.6. The number of ether oxygens (including phenoxy) is 4. The number of phenols is 1. The minimum absolute atomic E-state index is 0.0791. The molecule has 0 heterocycles. The summed E-state index contributed by atoms with van der Waals surface area (Å²) < 4.78 is 19.5. The van der Waals surface area contributed by atoms with E-state index in [-0.39, 0.29) is 47.4 Å². The zero-order valence-electron chi connectivity index (χ0n) is 22.6. The molecule has 0 fully saturated rings. The lowest BCUT2D eigenvalue weighted by Gasteiger charge is -2.18. The number of hydrogen-bond acceptors (Lipinski definition) is 10. The first-order valence-electron chi connectivity index (χ1n) is 11.6. The highest BCUT2D eigenvalue weighted by atomic mass is 16.7. The summed E-state index contributed by atoms with van der Waals surface area (Å²) in [7, 11) is 0. The average Bonchev–Trinajstić information content (AvgIpc) is 2.85. The fraction of sp³-hybridized carbons (Fsp3) is 0.276. The van der Waals surface area contributed by atoms with Crippen LogP contribution in [0.3, 0.4) is 0 Å². The maximum Gasteiger partial charge on any atom is 0.514 e. The number of rotatable bonds is 9. The average molecular weight is 541 g/mol. The Morgan fingerprint density at radius 1 is 0.718 bits per heavy atom. The number of hydrogen-bond donors (Lipinski definition) is 1. The van der Waals surface area contributed by atoms with Crippen LogP contribution in [-0.2, 0) is 23.8 Å². The van der Waals surface area contributed by atoms with Crippen LogP contribution in [0.1, 0.15) is 55.3 Å². The van der Waals surface area contributed by atoms with E-state index in [0.29, 0.717) is 11.1 Å². The third-order valence-electron chi connectivity index (χ3n) is 4.32. The van der Waals surface area contributed by atoms with Gasteiger partial charge in [-0.25, -0.2) is 14.4 Å². The van der Waals surface area contributed by atoms with Crippen molar-refractivity contribution >= 4 is 29.7 Å². The SMILES string of the molecule is C=C(C)C(=O)OCC(=O)c1ccc(O)cc1.C=C(C)C(=O)OCC(=O)c1ccc(OC(=O)OC(C)(C)C)cc1.